The van der Waals surface area contributed by atoms with Crippen LogP contribution >= 0.6 is 24.0 Å². The molecule has 1 aromatic carbocycles. The van der Waals surface area contributed by atoms with Crippen molar-refractivity contribution < 1.29 is 9.59 Å². The Balaban J connectivity index is 0.00000341. The Bertz CT molecular complexity index is 839. The number of para-hydroxylation sites is 1. The van der Waals surface area contributed by atoms with Crippen molar-refractivity contribution in [2.75, 3.05) is 51.7 Å². The summed E-state index contributed by atoms with van der Waals surface area (Å²) in [4.78, 5) is 34.4. The minimum Gasteiger partial charge on any atom is -0.352 e. The Hall–Kier alpha value is -2.10. The summed E-state index contributed by atoms with van der Waals surface area (Å²) in [6, 6.07) is 8.35. The maximum atomic E-state index is 12.1. The predicted octanol–water partition coefficient (Wildman–Crippen LogP) is 2.83. The largest absolute Gasteiger partial charge is 0.352 e. The van der Waals surface area contributed by atoms with E-state index in [0.29, 0.717) is 24.8 Å². The van der Waals surface area contributed by atoms with Gasteiger partial charge in [-0.3, -0.25) is 9.59 Å². The highest BCUT2D eigenvalue weighted by Gasteiger charge is 2.32. The van der Waals surface area contributed by atoms with E-state index in [1.54, 1.807) is 19.0 Å². The number of nitrogens with zero attached hydrogens (tertiary/aromatic N) is 4. The third kappa shape index (κ3) is 6.44. The number of rotatable bonds is 7. The number of likely N-dealkylation sites (tertiary alicyclic amines) is 1. The monoisotopic (exact) mass is 539 g/mol. The normalized spacial score (nSPS) is 18.0. The van der Waals surface area contributed by atoms with Crippen molar-refractivity contribution in [1.29, 1.82) is 0 Å². The summed E-state index contributed by atoms with van der Waals surface area (Å²) in [5, 5.41) is 3.36. The summed E-state index contributed by atoms with van der Waals surface area (Å²) < 4.78 is 0. The van der Waals surface area contributed by atoms with Crippen LogP contribution in [0.4, 0.5) is 5.69 Å². The van der Waals surface area contributed by atoms with Gasteiger partial charge in [-0.05, 0) is 31.4 Å². The summed E-state index contributed by atoms with van der Waals surface area (Å²) in [7, 11) is 3.47. The average molecular weight is 539 g/mol. The predicted molar refractivity (Wildman–Crippen MR) is 136 cm³/mol. The highest BCUT2D eigenvalue weighted by Crippen LogP contribution is 2.38. The minimum atomic E-state index is -0.0406. The second-order valence-corrected chi connectivity index (χ2v) is 8.38. The number of likely N-dealkylation sites (N-methyl/N-ethyl adjacent to an activating group) is 1. The van der Waals surface area contributed by atoms with Gasteiger partial charge >= 0.3 is 0 Å². The number of aliphatic imine (C=N–C) groups is 1. The zero-order valence-electron chi connectivity index (χ0n) is 18.8. The van der Waals surface area contributed by atoms with Crippen LogP contribution in [0.25, 0.3) is 0 Å². The molecule has 1 aromatic rings. The number of guanidine groups is 1. The van der Waals surface area contributed by atoms with Crippen LogP contribution in [0.1, 0.15) is 37.7 Å². The fraction of sp³-hybridized carbons (Fsp3) is 0.522. The van der Waals surface area contributed by atoms with Crippen molar-refractivity contribution in [3.05, 3.63) is 42.0 Å². The summed E-state index contributed by atoms with van der Waals surface area (Å²) in [5.74, 6) is 1.24. The Morgan fingerprint density at radius 2 is 2.06 bits per heavy atom. The van der Waals surface area contributed by atoms with Gasteiger partial charge in [0.05, 0.1) is 0 Å². The van der Waals surface area contributed by atoms with Crippen LogP contribution in [0.5, 0.6) is 0 Å². The van der Waals surface area contributed by atoms with Crippen LogP contribution < -0.4 is 10.2 Å². The molecule has 8 heteroatoms. The Kier molecular flexibility index (Phi) is 9.33. The Morgan fingerprint density at radius 1 is 1.32 bits per heavy atom. The molecule has 3 rings (SSSR count). The summed E-state index contributed by atoms with van der Waals surface area (Å²) in [5.41, 5.74) is 3.38. The molecule has 0 bridgehead atoms. The van der Waals surface area contributed by atoms with Gasteiger partial charge in [0.15, 0.2) is 5.96 Å². The lowest BCUT2D eigenvalue weighted by atomic mass is 9.98. The third-order valence-electron chi connectivity index (χ3n) is 5.66. The van der Waals surface area contributed by atoms with Crippen LogP contribution in [-0.4, -0.2) is 74.4 Å². The van der Waals surface area contributed by atoms with E-state index in [9.17, 15) is 9.59 Å². The zero-order valence-corrected chi connectivity index (χ0v) is 21.1. The molecular formula is C23H34IN5O2. The van der Waals surface area contributed by atoms with E-state index in [-0.39, 0.29) is 42.3 Å². The third-order valence-corrected chi connectivity index (χ3v) is 5.66. The Morgan fingerprint density at radius 3 is 2.71 bits per heavy atom. The van der Waals surface area contributed by atoms with Gasteiger partial charge in [0, 0.05) is 58.3 Å². The highest BCUT2D eigenvalue weighted by atomic mass is 127. The van der Waals surface area contributed by atoms with Crippen molar-refractivity contribution >= 4 is 47.4 Å². The van der Waals surface area contributed by atoms with Crippen LogP contribution in [0.15, 0.2) is 41.4 Å². The number of nitrogens with one attached hydrogen (secondary N) is 1. The van der Waals surface area contributed by atoms with E-state index in [1.165, 1.54) is 5.56 Å². The zero-order chi connectivity index (χ0) is 21.7. The Labute approximate surface area is 202 Å². The lowest BCUT2D eigenvalue weighted by Crippen LogP contribution is -2.42. The van der Waals surface area contributed by atoms with Crippen molar-refractivity contribution in [3.63, 3.8) is 0 Å². The van der Waals surface area contributed by atoms with Crippen LogP contribution in [0, 0.1) is 0 Å². The molecule has 31 heavy (non-hydrogen) atoms. The highest BCUT2D eigenvalue weighted by molar-refractivity contribution is 14.0. The van der Waals surface area contributed by atoms with Crippen molar-refractivity contribution in [1.82, 2.24) is 15.1 Å². The van der Waals surface area contributed by atoms with Gasteiger partial charge in [-0.1, -0.05) is 30.4 Å². The van der Waals surface area contributed by atoms with E-state index in [4.69, 9.17) is 0 Å². The van der Waals surface area contributed by atoms with E-state index in [0.717, 1.165) is 43.7 Å². The van der Waals surface area contributed by atoms with Gasteiger partial charge in [0.1, 0.15) is 6.54 Å². The maximum absolute atomic E-state index is 12.1. The van der Waals surface area contributed by atoms with Gasteiger partial charge in [-0.2, -0.15) is 0 Å². The van der Waals surface area contributed by atoms with Gasteiger partial charge in [-0.15, -0.1) is 24.0 Å². The first-order chi connectivity index (χ1) is 14.4. The number of hydrogen-bond acceptors (Lipinski definition) is 3. The van der Waals surface area contributed by atoms with Crippen molar-refractivity contribution in [2.45, 2.75) is 32.1 Å². The molecule has 2 amide bonds. The molecule has 0 radical (unpaired) electrons. The molecule has 1 unspecified atom stereocenters. The molecule has 0 saturated carbocycles. The lowest BCUT2D eigenvalue weighted by Gasteiger charge is -2.24. The number of fused-ring (bicyclic) bond motifs is 1. The average Bonchev–Trinajstić information content (AvgIpc) is 3.29. The van der Waals surface area contributed by atoms with Crippen molar-refractivity contribution in [3.8, 4) is 0 Å². The van der Waals surface area contributed by atoms with Gasteiger partial charge in [0.2, 0.25) is 11.8 Å². The summed E-state index contributed by atoms with van der Waals surface area (Å²) in [6.45, 7) is 9.06. The molecule has 0 spiro atoms. The van der Waals surface area contributed by atoms with Crippen molar-refractivity contribution in [2.24, 2.45) is 4.99 Å². The number of carbonyl (C=O) groups excluding carboxylic acids is 2. The smallest absolute Gasteiger partial charge is 0.243 e. The first-order valence-corrected chi connectivity index (χ1v) is 10.6. The fourth-order valence-corrected chi connectivity index (χ4v) is 3.95. The van der Waals surface area contributed by atoms with E-state index in [2.05, 4.69) is 40.0 Å². The molecule has 2 aliphatic heterocycles. The van der Waals surface area contributed by atoms with Crippen LogP contribution in [0.3, 0.4) is 0 Å². The van der Waals surface area contributed by atoms with Crippen LogP contribution in [-0.2, 0) is 9.59 Å². The van der Waals surface area contributed by atoms with Gasteiger partial charge in [-0.25, -0.2) is 4.99 Å². The molecule has 0 aromatic heterocycles. The lowest BCUT2D eigenvalue weighted by molar-refractivity contribution is -0.128. The number of amides is 2. The summed E-state index contributed by atoms with van der Waals surface area (Å²) >= 11 is 0. The molecule has 170 valence electrons. The first-order valence-electron chi connectivity index (χ1n) is 10.6. The number of anilines is 1. The minimum absolute atomic E-state index is 0. The molecule has 1 saturated heterocycles. The number of carbonyl (C=O) groups is 2. The molecule has 0 aliphatic carbocycles. The number of benzene rings is 1. The topological polar surface area (TPSA) is 68.2 Å². The van der Waals surface area contributed by atoms with E-state index in [1.807, 2.05) is 17.9 Å². The maximum Gasteiger partial charge on any atom is 0.243 e. The van der Waals surface area contributed by atoms with E-state index >= 15 is 0 Å². The van der Waals surface area contributed by atoms with Gasteiger partial charge in [0.25, 0.3) is 0 Å². The molecule has 2 aliphatic rings. The molecule has 7 nitrogen and oxygen atoms in total. The second-order valence-electron chi connectivity index (χ2n) is 8.38. The first kappa shape index (κ1) is 25.2. The second kappa shape index (κ2) is 11.5. The quantitative estimate of drug-likeness (QED) is 0.251. The van der Waals surface area contributed by atoms with Crippen LogP contribution in [0.2, 0.25) is 0 Å². The van der Waals surface area contributed by atoms with Gasteiger partial charge < -0.3 is 20.0 Å². The molecule has 1 fully saturated rings. The number of halogens is 1. The number of hydrogen-bond donors (Lipinski definition) is 1. The van der Waals surface area contributed by atoms with E-state index < -0.39 is 0 Å². The molecular weight excluding hydrogens is 505 g/mol. The molecule has 1 atom stereocenters. The standard InChI is InChI=1S/C23H33N5O2.HI/c1-17(2)14-24-23(25-15-22(30)26(3)4)28-16-18(19-8-5-6-9-20(19)28)11-13-27-12-7-10-21(27)29;/h5-6,8-9,18H,1,7,10-16H2,2-4H3,(H,24,25);1H. The fourth-order valence-electron chi connectivity index (χ4n) is 3.95. The molecule has 1 N–H and O–H groups in total. The molecule has 2 heterocycles. The summed E-state index contributed by atoms with van der Waals surface area (Å²) in [6.07, 6.45) is 2.56. The SMILES string of the molecule is C=C(C)CNC(=NCC(=O)N(C)C)N1CC(CCN2CCCC2=O)c2ccccc21.I.